The zero-order valence-corrected chi connectivity index (χ0v) is 10.2. The van der Waals surface area contributed by atoms with E-state index in [9.17, 15) is 4.79 Å². The van der Waals surface area contributed by atoms with E-state index in [0.717, 1.165) is 16.9 Å². The molecule has 0 bridgehead atoms. The van der Waals surface area contributed by atoms with E-state index in [-0.39, 0.29) is 0 Å². The molecule has 0 aliphatic carbocycles. The first-order valence-electron chi connectivity index (χ1n) is 5.11. The Bertz CT molecular complexity index is 323. The number of hydrogen-bond acceptors (Lipinski definition) is 2. The van der Waals surface area contributed by atoms with E-state index in [1.165, 1.54) is 4.88 Å². The maximum absolute atomic E-state index is 11.8. The molecule has 0 radical (unpaired) electrons. The van der Waals surface area contributed by atoms with Gasteiger partial charge in [0.2, 0.25) is 0 Å². The molecular formula is C12H18OS. The summed E-state index contributed by atoms with van der Waals surface area (Å²) in [7, 11) is 0. The molecule has 2 heteroatoms. The van der Waals surface area contributed by atoms with Gasteiger partial charge in [-0.2, -0.15) is 0 Å². The summed E-state index contributed by atoms with van der Waals surface area (Å²) in [5, 5.41) is 0. The van der Waals surface area contributed by atoms with Crippen LogP contribution in [0.4, 0.5) is 0 Å². The maximum Gasteiger partial charge on any atom is 0.163 e. The van der Waals surface area contributed by atoms with Gasteiger partial charge in [0.15, 0.2) is 5.78 Å². The number of ketones is 1. The van der Waals surface area contributed by atoms with Crippen molar-refractivity contribution in [3.8, 4) is 0 Å². The number of thiophene rings is 1. The van der Waals surface area contributed by atoms with Crippen LogP contribution < -0.4 is 0 Å². The molecule has 1 heterocycles. The van der Waals surface area contributed by atoms with Crippen LogP contribution in [0.25, 0.3) is 0 Å². The lowest BCUT2D eigenvalue weighted by molar-refractivity contribution is 0.0975. The number of hydrogen-bond donors (Lipinski definition) is 0. The van der Waals surface area contributed by atoms with E-state index in [1.54, 1.807) is 11.3 Å². The summed E-state index contributed by atoms with van der Waals surface area (Å²) in [6, 6.07) is 2.02. The highest BCUT2D eigenvalue weighted by molar-refractivity contribution is 7.12. The van der Waals surface area contributed by atoms with Crippen LogP contribution >= 0.6 is 11.3 Å². The Morgan fingerprint density at radius 1 is 1.43 bits per heavy atom. The van der Waals surface area contributed by atoms with Crippen molar-refractivity contribution in [3.63, 3.8) is 0 Å². The fourth-order valence-corrected chi connectivity index (χ4v) is 2.40. The number of aryl methyl sites for hydroxylation is 2. The van der Waals surface area contributed by atoms with Gasteiger partial charge in [-0.25, -0.2) is 0 Å². The van der Waals surface area contributed by atoms with Crippen molar-refractivity contribution in [2.75, 3.05) is 0 Å². The maximum atomic E-state index is 11.8. The molecule has 78 valence electrons. The summed E-state index contributed by atoms with van der Waals surface area (Å²) < 4.78 is 0. The van der Waals surface area contributed by atoms with Crippen LogP contribution in [0.2, 0.25) is 0 Å². The zero-order chi connectivity index (χ0) is 10.7. The lowest BCUT2D eigenvalue weighted by Gasteiger charge is -2.02. The lowest BCUT2D eigenvalue weighted by Crippen LogP contribution is -2.01. The SMILES string of the molecule is Cc1cc(C(=O)CCC(C)C)c(C)s1. The molecule has 1 nitrogen and oxygen atoms in total. The molecular weight excluding hydrogens is 192 g/mol. The quantitative estimate of drug-likeness (QED) is 0.687. The van der Waals surface area contributed by atoms with Crippen molar-refractivity contribution in [2.24, 2.45) is 5.92 Å². The van der Waals surface area contributed by atoms with E-state index in [0.29, 0.717) is 18.1 Å². The summed E-state index contributed by atoms with van der Waals surface area (Å²) >= 11 is 1.71. The molecule has 0 amide bonds. The smallest absolute Gasteiger partial charge is 0.163 e. The molecule has 1 aromatic rings. The van der Waals surface area contributed by atoms with Gasteiger partial charge in [0.05, 0.1) is 0 Å². The molecule has 14 heavy (non-hydrogen) atoms. The number of carbonyl (C=O) groups excluding carboxylic acids is 1. The summed E-state index contributed by atoms with van der Waals surface area (Å²) in [4.78, 5) is 14.2. The van der Waals surface area contributed by atoms with Crippen molar-refractivity contribution in [2.45, 2.75) is 40.5 Å². The fourth-order valence-electron chi connectivity index (χ4n) is 1.46. The molecule has 0 atom stereocenters. The molecule has 0 saturated carbocycles. The minimum absolute atomic E-state index is 0.306. The van der Waals surface area contributed by atoms with Gasteiger partial charge < -0.3 is 0 Å². The third-order valence-corrected chi connectivity index (χ3v) is 3.26. The molecule has 0 aromatic carbocycles. The van der Waals surface area contributed by atoms with Gasteiger partial charge in [0, 0.05) is 21.7 Å². The Hall–Kier alpha value is -0.630. The minimum Gasteiger partial charge on any atom is -0.294 e. The molecule has 0 saturated heterocycles. The van der Waals surface area contributed by atoms with Crippen molar-refractivity contribution in [1.82, 2.24) is 0 Å². The zero-order valence-electron chi connectivity index (χ0n) is 9.39. The van der Waals surface area contributed by atoms with Gasteiger partial charge in [-0.3, -0.25) is 4.79 Å². The van der Waals surface area contributed by atoms with Crippen molar-refractivity contribution in [1.29, 1.82) is 0 Å². The number of carbonyl (C=O) groups is 1. The summed E-state index contributed by atoms with van der Waals surface area (Å²) in [5.74, 6) is 0.916. The van der Waals surface area contributed by atoms with E-state index in [4.69, 9.17) is 0 Å². The third-order valence-electron chi connectivity index (χ3n) is 2.29. The van der Waals surface area contributed by atoms with Gasteiger partial charge in [0.1, 0.15) is 0 Å². The molecule has 1 rings (SSSR count). The van der Waals surface area contributed by atoms with Gasteiger partial charge in [-0.15, -0.1) is 11.3 Å². The third kappa shape index (κ3) is 2.95. The minimum atomic E-state index is 0.306. The first-order chi connectivity index (χ1) is 6.50. The molecule has 0 N–H and O–H groups in total. The average molecular weight is 210 g/mol. The molecule has 0 fully saturated rings. The number of rotatable bonds is 4. The van der Waals surface area contributed by atoms with E-state index in [1.807, 2.05) is 13.0 Å². The fraction of sp³-hybridized carbons (Fsp3) is 0.583. The topological polar surface area (TPSA) is 17.1 Å². The molecule has 0 aliphatic rings. The Labute approximate surface area is 90.2 Å². The molecule has 1 aromatic heterocycles. The second-order valence-corrected chi connectivity index (χ2v) is 5.64. The largest absolute Gasteiger partial charge is 0.294 e. The highest BCUT2D eigenvalue weighted by Crippen LogP contribution is 2.22. The van der Waals surface area contributed by atoms with E-state index in [2.05, 4.69) is 20.8 Å². The van der Waals surface area contributed by atoms with Crippen LogP contribution in [0.5, 0.6) is 0 Å². The van der Waals surface area contributed by atoms with Gasteiger partial charge in [-0.05, 0) is 32.3 Å². The molecule has 0 aliphatic heterocycles. The highest BCUT2D eigenvalue weighted by atomic mass is 32.1. The normalized spacial score (nSPS) is 10.9. The van der Waals surface area contributed by atoms with Crippen LogP contribution in [-0.4, -0.2) is 5.78 Å². The van der Waals surface area contributed by atoms with Crippen molar-refractivity contribution < 1.29 is 4.79 Å². The monoisotopic (exact) mass is 210 g/mol. The van der Waals surface area contributed by atoms with Crippen LogP contribution in [0, 0.1) is 19.8 Å². The Morgan fingerprint density at radius 2 is 2.07 bits per heavy atom. The van der Waals surface area contributed by atoms with Gasteiger partial charge in [-0.1, -0.05) is 13.8 Å². The average Bonchev–Trinajstić information content (AvgIpc) is 2.41. The van der Waals surface area contributed by atoms with E-state index < -0.39 is 0 Å². The Kier molecular flexibility index (Phi) is 3.87. The standard InChI is InChI=1S/C12H18OS/c1-8(2)5-6-12(13)11-7-9(3)14-10(11)4/h7-8H,5-6H2,1-4H3. The lowest BCUT2D eigenvalue weighted by atomic mass is 10.0. The second kappa shape index (κ2) is 4.74. The van der Waals surface area contributed by atoms with Gasteiger partial charge in [0.25, 0.3) is 0 Å². The second-order valence-electron chi connectivity index (χ2n) is 4.18. The summed E-state index contributed by atoms with van der Waals surface area (Å²) in [6.07, 6.45) is 1.68. The highest BCUT2D eigenvalue weighted by Gasteiger charge is 2.11. The molecule has 0 unspecified atom stereocenters. The van der Waals surface area contributed by atoms with Crippen LogP contribution in [0.15, 0.2) is 6.07 Å². The number of Topliss-reactive ketones (excluding diaryl/α,β-unsaturated/α-hetero) is 1. The first kappa shape index (κ1) is 11.4. The van der Waals surface area contributed by atoms with Crippen LogP contribution in [0.3, 0.4) is 0 Å². The first-order valence-corrected chi connectivity index (χ1v) is 5.92. The van der Waals surface area contributed by atoms with Gasteiger partial charge >= 0.3 is 0 Å². The van der Waals surface area contributed by atoms with Crippen molar-refractivity contribution in [3.05, 3.63) is 21.4 Å². The molecule has 0 spiro atoms. The Morgan fingerprint density at radius 3 is 2.50 bits per heavy atom. The van der Waals surface area contributed by atoms with Crippen LogP contribution in [-0.2, 0) is 0 Å². The van der Waals surface area contributed by atoms with Crippen molar-refractivity contribution >= 4 is 17.1 Å². The predicted octanol–water partition coefficient (Wildman–Crippen LogP) is 3.98. The summed E-state index contributed by atoms with van der Waals surface area (Å²) in [5.41, 5.74) is 0.938. The predicted molar refractivity (Wildman–Crippen MR) is 62.2 cm³/mol. The summed E-state index contributed by atoms with van der Waals surface area (Å²) in [6.45, 7) is 8.38. The van der Waals surface area contributed by atoms with E-state index >= 15 is 0 Å². The Balaban J connectivity index is 2.65. The van der Waals surface area contributed by atoms with Crippen LogP contribution in [0.1, 0.15) is 46.8 Å².